The van der Waals surface area contributed by atoms with Crippen molar-refractivity contribution in [3.8, 4) is 0 Å². The number of halogens is 2. The van der Waals surface area contributed by atoms with Crippen LogP contribution in [-0.4, -0.2) is 33.0 Å². The summed E-state index contributed by atoms with van der Waals surface area (Å²) in [6.07, 6.45) is -1.17. The van der Waals surface area contributed by atoms with E-state index in [4.69, 9.17) is 33.0 Å². The van der Waals surface area contributed by atoms with E-state index in [2.05, 4.69) is 15.5 Å². The molecular formula is C12H15Cl2N3O4. The Morgan fingerprint density at radius 2 is 2.00 bits per heavy atom. The summed E-state index contributed by atoms with van der Waals surface area (Å²) in [6, 6.07) is 0.417. The van der Waals surface area contributed by atoms with Gasteiger partial charge < -0.3 is 15.2 Å². The van der Waals surface area contributed by atoms with E-state index in [1.165, 1.54) is 6.07 Å². The van der Waals surface area contributed by atoms with E-state index < -0.39 is 30.1 Å². The molecule has 7 nitrogen and oxygen atoms in total. The average Bonchev–Trinajstić information content (AvgIpc) is 2.28. The highest BCUT2D eigenvalue weighted by molar-refractivity contribution is 6.31. The number of hydrogen-bond acceptors (Lipinski definition) is 5. The summed E-state index contributed by atoms with van der Waals surface area (Å²) < 4.78 is 5.09. The molecule has 0 saturated carbocycles. The van der Waals surface area contributed by atoms with Crippen LogP contribution in [0, 0.1) is 0 Å². The number of hydrogen-bond donors (Lipinski definition) is 2. The second kappa shape index (κ2) is 6.91. The van der Waals surface area contributed by atoms with Crippen molar-refractivity contribution >= 4 is 35.3 Å². The first-order chi connectivity index (χ1) is 9.58. The van der Waals surface area contributed by atoms with Gasteiger partial charge in [0.15, 0.2) is 10.3 Å². The molecule has 116 valence electrons. The number of carbonyl (C=O) groups is 2. The number of aliphatic carboxylic acids is 1. The molecule has 1 aromatic heterocycles. The lowest BCUT2D eigenvalue weighted by atomic mass is 10.1. The first-order valence-corrected chi connectivity index (χ1v) is 6.74. The first kappa shape index (κ1) is 17.5. The minimum absolute atomic E-state index is 0.0378. The van der Waals surface area contributed by atoms with Gasteiger partial charge in [-0.3, -0.25) is 4.79 Å². The molecule has 0 spiro atoms. The predicted molar refractivity (Wildman–Crippen MR) is 76.4 cm³/mol. The van der Waals surface area contributed by atoms with Crippen LogP contribution in [0.3, 0.4) is 0 Å². The zero-order chi connectivity index (χ0) is 16.2. The van der Waals surface area contributed by atoms with Crippen molar-refractivity contribution in [2.24, 2.45) is 0 Å². The van der Waals surface area contributed by atoms with Gasteiger partial charge in [-0.15, -0.1) is 10.2 Å². The second-order valence-corrected chi connectivity index (χ2v) is 5.96. The zero-order valence-electron chi connectivity index (χ0n) is 11.7. The summed E-state index contributed by atoms with van der Waals surface area (Å²) in [5, 5.41) is 18.5. The molecule has 0 radical (unpaired) electrons. The average molecular weight is 336 g/mol. The van der Waals surface area contributed by atoms with Gasteiger partial charge in [-0.1, -0.05) is 23.2 Å². The van der Waals surface area contributed by atoms with Crippen LogP contribution in [0.2, 0.25) is 10.3 Å². The molecule has 0 fully saturated rings. The number of aromatic nitrogens is 2. The van der Waals surface area contributed by atoms with Crippen molar-refractivity contribution in [1.29, 1.82) is 0 Å². The molecule has 1 unspecified atom stereocenters. The molecule has 0 aliphatic carbocycles. The van der Waals surface area contributed by atoms with Gasteiger partial charge in [0.2, 0.25) is 0 Å². The third kappa shape index (κ3) is 6.14. The fourth-order valence-electron chi connectivity index (χ4n) is 1.47. The minimum atomic E-state index is -1.12. The van der Waals surface area contributed by atoms with Gasteiger partial charge in [0.1, 0.15) is 5.60 Å². The molecule has 2 N–H and O–H groups in total. The van der Waals surface area contributed by atoms with Crippen molar-refractivity contribution in [3.05, 3.63) is 21.9 Å². The molecule has 0 aromatic carbocycles. The van der Waals surface area contributed by atoms with Crippen LogP contribution in [0.4, 0.5) is 4.79 Å². The lowest BCUT2D eigenvalue weighted by Crippen LogP contribution is -2.36. The smallest absolute Gasteiger partial charge is 0.408 e. The number of carboxylic acids is 1. The Hall–Kier alpha value is -1.60. The topological polar surface area (TPSA) is 101 Å². The minimum Gasteiger partial charge on any atom is -0.481 e. The number of alkyl carbamates (subject to hydrolysis) is 1. The normalized spacial score (nSPS) is 12.6. The van der Waals surface area contributed by atoms with Gasteiger partial charge in [0.25, 0.3) is 0 Å². The van der Waals surface area contributed by atoms with Crippen LogP contribution in [0.5, 0.6) is 0 Å². The molecule has 0 bridgehead atoms. The summed E-state index contributed by atoms with van der Waals surface area (Å²) in [5.74, 6) is -1.12. The molecule has 1 atom stereocenters. The number of ether oxygens (including phenoxy) is 1. The fraction of sp³-hybridized carbons (Fsp3) is 0.500. The number of carbonyl (C=O) groups excluding carboxylic acids is 1. The van der Waals surface area contributed by atoms with E-state index in [1.54, 1.807) is 20.8 Å². The van der Waals surface area contributed by atoms with E-state index in [9.17, 15) is 9.59 Å². The zero-order valence-corrected chi connectivity index (χ0v) is 13.2. The van der Waals surface area contributed by atoms with Crippen molar-refractivity contribution in [1.82, 2.24) is 15.5 Å². The second-order valence-electron chi connectivity index (χ2n) is 5.21. The van der Waals surface area contributed by atoms with E-state index in [0.29, 0.717) is 0 Å². The molecule has 0 aliphatic rings. The Labute approximate surface area is 131 Å². The first-order valence-electron chi connectivity index (χ1n) is 5.98. The molecule has 1 aromatic rings. The highest BCUT2D eigenvalue weighted by Gasteiger charge is 2.25. The van der Waals surface area contributed by atoms with Crippen LogP contribution in [-0.2, 0) is 9.53 Å². The molecule has 21 heavy (non-hydrogen) atoms. The lowest BCUT2D eigenvalue weighted by Gasteiger charge is -2.23. The van der Waals surface area contributed by atoms with E-state index in [0.717, 1.165) is 0 Å². The van der Waals surface area contributed by atoms with Gasteiger partial charge in [-0.05, 0) is 26.8 Å². The third-order valence-corrected chi connectivity index (χ3v) is 2.67. The summed E-state index contributed by atoms with van der Waals surface area (Å²) in [4.78, 5) is 22.7. The Morgan fingerprint density at radius 1 is 1.38 bits per heavy atom. The maximum Gasteiger partial charge on any atom is 0.408 e. The highest BCUT2D eigenvalue weighted by atomic mass is 35.5. The number of rotatable bonds is 4. The molecule has 0 saturated heterocycles. The molecule has 9 heteroatoms. The quantitative estimate of drug-likeness (QED) is 0.877. The summed E-state index contributed by atoms with van der Waals surface area (Å²) in [7, 11) is 0. The molecule has 1 rings (SSSR count). The highest BCUT2D eigenvalue weighted by Crippen LogP contribution is 2.25. The molecule has 1 amide bonds. The van der Waals surface area contributed by atoms with Crippen LogP contribution in [0.1, 0.15) is 38.8 Å². The van der Waals surface area contributed by atoms with Gasteiger partial charge >= 0.3 is 12.1 Å². The lowest BCUT2D eigenvalue weighted by molar-refractivity contribution is -0.137. The maximum atomic E-state index is 11.8. The number of amides is 1. The molecular weight excluding hydrogens is 321 g/mol. The summed E-state index contributed by atoms with van der Waals surface area (Å²) in [6.45, 7) is 5.07. The molecule has 0 aliphatic heterocycles. The summed E-state index contributed by atoms with van der Waals surface area (Å²) in [5.41, 5.74) is -0.458. The fourth-order valence-corrected chi connectivity index (χ4v) is 1.85. The van der Waals surface area contributed by atoms with E-state index in [1.807, 2.05) is 0 Å². The van der Waals surface area contributed by atoms with Crippen LogP contribution in [0.25, 0.3) is 0 Å². The van der Waals surface area contributed by atoms with Crippen LogP contribution < -0.4 is 5.32 Å². The van der Waals surface area contributed by atoms with Crippen LogP contribution >= 0.6 is 23.2 Å². The maximum absolute atomic E-state index is 11.8. The predicted octanol–water partition coefficient (Wildman–Crippen LogP) is 2.82. The van der Waals surface area contributed by atoms with Crippen molar-refractivity contribution < 1.29 is 19.4 Å². The van der Waals surface area contributed by atoms with Crippen molar-refractivity contribution in [2.45, 2.75) is 38.8 Å². The summed E-state index contributed by atoms with van der Waals surface area (Å²) >= 11 is 11.6. The largest absolute Gasteiger partial charge is 0.481 e. The Bertz CT molecular complexity index is 546. The van der Waals surface area contributed by atoms with E-state index in [-0.39, 0.29) is 15.9 Å². The Morgan fingerprint density at radius 3 is 2.52 bits per heavy atom. The monoisotopic (exact) mass is 335 g/mol. The number of nitrogens with one attached hydrogen (secondary N) is 1. The Kier molecular flexibility index (Phi) is 5.74. The number of carboxylic acid groups (broad SMARTS) is 1. The van der Waals surface area contributed by atoms with Gasteiger partial charge in [-0.25, -0.2) is 4.79 Å². The van der Waals surface area contributed by atoms with Crippen molar-refractivity contribution in [3.63, 3.8) is 0 Å². The van der Waals surface area contributed by atoms with Gasteiger partial charge in [0, 0.05) is 5.56 Å². The van der Waals surface area contributed by atoms with Gasteiger partial charge in [-0.2, -0.15) is 0 Å². The van der Waals surface area contributed by atoms with E-state index >= 15 is 0 Å². The number of nitrogens with zero attached hydrogens (tertiary/aromatic N) is 2. The SMILES string of the molecule is CC(C)(C)OC(=O)NC(CC(=O)O)c1cc(Cl)nnc1Cl. The standard InChI is InChI=1S/C12H15Cl2N3O4/c1-12(2,3)21-11(20)15-7(5-9(18)19)6-4-8(13)16-17-10(6)14/h4,7H,5H2,1-3H3,(H,15,20)(H,18,19). The van der Waals surface area contributed by atoms with Crippen LogP contribution in [0.15, 0.2) is 6.07 Å². The molecule has 1 heterocycles. The Balaban J connectivity index is 2.98. The van der Waals surface area contributed by atoms with Gasteiger partial charge in [0.05, 0.1) is 12.5 Å². The van der Waals surface area contributed by atoms with Crippen molar-refractivity contribution in [2.75, 3.05) is 0 Å². The third-order valence-electron chi connectivity index (χ3n) is 2.19.